The predicted molar refractivity (Wildman–Crippen MR) is 128 cm³/mol. The van der Waals surface area contributed by atoms with Crippen molar-refractivity contribution in [3.63, 3.8) is 0 Å². The van der Waals surface area contributed by atoms with Gasteiger partial charge in [0.05, 0.1) is 34.9 Å². The summed E-state index contributed by atoms with van der Waals surface area (Å²) in [4.78, 5) is 16.7. The topological polar surface area (TPSA) is 92.4 Å². The molecule has 0 spiro atoms. The van der Waals surface area contributed by atoms with Gasteiger partial charge in [-0.3, -0.25) is 5.10 Å². The summed E-state index contributed by atoms with van der Waals surface area (Å²) in [6.07, 6.45) is 6.32. The summed E-state index contributed by atoms with van der Waals surface area (Å²) >= 11 is 0. The minimum absolute atomic E-state index is 0.471. The third-order valence-electron chi connectivity index (χ3n) is 6.87. The molecular formula is C26H26N6O. The second-order valence-corrected chi connectivity index (χ2v) is 9.11. The summed E-state index contributed by atoms with van der Waals surface area (Å²) in [5, 5.41) is 8.10. The molecule has 2 aromatic carbocycles. The van der Waals surface area contributed by atoms with Gasteiger partial charge in [0, 0.05) is 0 Å². The van der Waals surface area contributed by atoms with Gasteiger partial charge in [0.25, 0.3) is 0 Å². The molecule has 0 saturated carbocycles. The Kier molecular flexibility index (Phi) is 4.82. The van der Waals surface area contributed by atoms with Crippen molar-refractivity contribution in [2.24, 2.45) is 11.8 Å². The van der Waals surface area contributed by atoms with Crippen molar-refractivity contribution >= 4 is 22.1 Å². The number of aromatic amines is 2. The summed E-state index contributed by atoms with van der Waals surface area (Å²) in [6.45, 7) is 5.04. The Morgan fingerprint density at radius 3 is 2.91 bits per heavy atom. The van der Waals surface area contributed by atoms with E-state index in [1.54, 1.807) is 6.33 Å². The first-order valence-electron chi connectivity index (χ1n) is 11.5. The summed E-state index contributed by atoms with van der Waals surface area (Å²) in [5.41, 5.74) is 7.57. The smallest absolute Gasteiger partial charge is 0.158 e. The van der Waals surface area contributed by atoms with Crippen LogP contribution >= 0.6 is 0 Å². The number of ether oxygens (including phenoxy) is 1. The maximum Gasteiger partial charge on any atom is 0.158 e. The first-order chi connectivity index (χ1) is 16.1. The number of nitrogens with one attached hydrogen (secondary N) is 2. The van der Waals surface area contributed by atoms with Gasteiger partial charge in [-0.25, -0.2) is 15.0 Å². The van der Waals surface area contributed by atoms with Crippen molar-refractivity contribution in [3.05, 3.63) is 66.0 Å². The van der Waals surface area contributed by atoms with Crippen LogP contribution in [0, 0.1) is 18.8 Å². The summed E-state index contributed by atoms with van der Waals surface area (Å²) in [5.74, 6) is 2.91. The van der Waals surface area contributed by atoms with E-state index in [0.29, 0.717) is 18.4 Å². The fourth-order valence-electron chi connectivity index (χ4n) is 5.02. The number of H-pyrrole nitrogens is 2. The molecule has 0 amide bonds. The molecule has 0 fully saturated rings. The normalized spacial score (nSPS) is 18.6. The number of fused-ring (bicyclic) bond motifs is 3. The first-order valence-corrected chi connectivity index (χ1v) is 11.5. The third-order valence-corrected chi connectivity index (χ3v) is 6.87. The van der Waals surface area contributed by atoms with Crippen LogP contribution in [0.3, 0.4) is 0 Å². The second kappa shape index (κ2) is 7.99. The van der Waals surface area contributed by atoms with Gasteiger partial charge in [0.15, 0.2) is 5.65 Å². The zero-order valence-electron chi connectivity index (χ0n) is 18.8. The van der Waals surface area contributed by atoms with E-state index >= 15 is 0 Å². The van der Waals surface area contributed by atoms with Crippen LogP contribution in [0.5, 0.6) is 5.75 Å². The van der Waals surface area contributed by atoms with Gasteiger partial charge in [0.2, 0.25) is 0 Å². The highest BCUT2D eigenvalue weighted by atomic mass is 16.5. The van der Waals surface area contributed by atoms with Crippen molar-refractivity contribution in [3.8, 4) is 16.9 Å². The van der Waals surface area contributed by atoms with Gasteiger partial charge in [-0.2, -0.15) is 5.10 Å². The van der Waals surface area contributed by atoms with E-state index in [2.05, 4.69) is 73.5 Å². The molecule has 2 atom stereocenters. The molecule has 0 radical (unpaired) electrons. The monoisotopic (exact) mass is 438 g/mol. The molecule has 0 aliphatic carbocycles. The lowest BCUT2D eigenvalue weighted by Crippen LogP contribution is -2.23. The van der Waals surface area contributed by atoms with Crippen LogP contribution in [-0.4, -0.2) is 36.7 Å². The number of hydrogen-bond donors (Lipinski definition) is 2. The van der Waals surface area contributed by atoms with Gasteiger partial charge < -0.3 is 9.72 Å². The molecule has 1 aliphatic heterocycles. The summed E-state index contributed by atoms with van der Waals surface area (Å²) < 4.78 is 6.21. The zero-order valence-corrected chi connectivity index (χ0v) is 18.8. The average molecular weight is 439 g/mol. The van der Waals surface area contributed by atoms with E-state index in [1.807, 2.05) is 13.1 Å². The van der Waals surface area contributed by atoms with Gasteiger partial charge in [-0.1, -0.05) is 19.1 Å². The standard InChI is InChI=1S/C26H26N6O/c1-15-9-20-10-18(19-3-5-22-24(12-19)31-16(2)30-22)4-6-25(20)33-8-7-17(15)11-23-21-13-29-32-26(21)28-14-27-23/h3-6,10,12-15,17H,7-9,11H2,1-2H3,(H,30,31)(H,27,28,29,32). The number of benzene rings is 2. The minimum Gasteiger partial charge on any atom is -0.493 e. The molecule has 1 aliphatic rings. The van der Waals surface area contributed by atoms with Crippen LogP contribution < -0.4 is 4.74 Å². The van der Waals surface area contributed by atoms with Gasteiger partial charge in [-0.15, -0.1) is 0 Å². The van der Waals surface area contributed by atoms with Crippen LogP contribution in [-0.2, 0) is 12.8 Å². The minimum atomic E-state index is 0.471. The van der Waals surface area contributed by atoms with Crippen molar-refractivity contribution in [2.75, 3.05) is 6.61 Å². The van der Waals surface area contributed by atoms with E-state index in [4.69, 9.17) is 4.74 Å². The largest absolute Gasteiger partial charge is 0.493 e. The Bertz CT molecular complexity index is 1450. The molecule has 7 heteroatoms. The summed E-state index contributed by atoms with van der Waals surface area (Å²) in [6, 6.07) is 13.0. The molecule has 33 heavy (non-hydrogen) atoms. The van der Waals surface area contributed by atoms with Crippen molar-refractivity contribution in [1.82, 2.24) is 30.1 Å². The molecule has 0 bridgehead atoms. The molecular weight excluding hydrogens is 412 g/mol. The number of nitrogens with zero attached hydrogens (tertiary/aromatic N) is 4. The molecule has 166 valence electrons. The van der Waals surface area contributed by atoms with Crippen LogP contribution in [0.4, 0.5) is 0 Å². The SMILES string of the molecule is Cc1nc2ccc(-c3ccc4c(c3)CC(C)C(Cc3ncnc5[nH]ncc35)CCO4)cc2[nH]1. The molecule has 2 N–H and O–H groups in total. The lowest BCUT2D eigenvalue weighted by atomic mass is 9.81. The number of aryl methyl sites for hydroxylation is 1. The van der Waals surface area contributed by atoms with E-state index in [-0.39, 0.29) is 0 Å². The summed E-state index contributed by atoms with van der Waals surface area (Å²) in [7, 11) is 0. The first kappa shape index (κ1) is 19.9. The Hall–Kier alpha value is -3.74. The quantitative estimate of drug-likeness (QED) is 0.412. The fraction of sp³-hybridized carbons (Fsp3) is 0.308. The lowest BCUT2D eigenvalue weighted by molar-refractivity contribution is 0.221. The highest BCUT2D eigenvalue weighted by Gasteiger charge is 2.24. The Balaban J connectivity index is 1.28. The molecule has 5 aromatic rings. The van der Waals surface area contributed by atoms with Crippen LogP contribution in [0.1, 0.15) is 30.4 Å². The van der Waals surface area contributed by atoms with Crippen molar-refractivity contribution in [2.45, 2.75) is 33.1 Å². The Labute approximate surface area is 191 Å². The van der Waals surface area contributed by atoms with E-state index in [9.17, 15) is 0 Å². The highest BCUT2D eigenvalue weighted by molar-refractivity contribution is 5.82. The predicted octanol–water partition coefficient (Wildman–Crippen LogP) is 5.02. The fourth-order valence-corrected chi connectivity index (χ4v) is 5.02. The number of aromatic nitrogens is 6. The van der Waals surface area contributed by atoms with E-state index in [0.717, 1.165) is 58.6 Å². The number of hydrogen-bond acceptors (Lipinski definition) is 5. The maximum atomic E-state index is 6.21. The molecule has 0 saturated heterocycles. The zero-order chi connectivity index (χ0) is 22.4. The molecule has 2 unspecified atom stereocenters. The van der Waals surface area contributed by atoms with Gasteiger partial charge in [0.1, 0.15) is 17.9 Å². The van der Waals surface area contributed by atoms with E-state index < -0.39 is 0 Å². The second-order valence-electron chi connectivity index (χ2n) is 9.11. The highest BCUT2D eigenvalue weighted by Crippen LogP contribution is 2.35. The number of rotatable bonds is 3. The lowest BCUT2D eigenvalue weighted by Gasteiger charge is -2.28. The van der Waals surface area contributed by atoms with Crippen molar-refractivity contribution in [1.29, 1.82) is 0 Å². The van der Waals surface area contributed by atoms with E-state index in [1.165, 1.54) is 16.7 Å². The maximum absolute atomic E-state index is 6.21. The van der Waals surface area contributed by atoms with Crippen molar-refractivity contribution < 1.29 is 4.74 Å². The third kappa shape index (κ3) is 3.73. The molecule has 4 heterocycles. The number of imidazole rings is 1. The average Bonchev–Trinajstić information content (AvgIpc) is 3.43. The Morgan fingerprint density at radius 2 is 1.97 bits per heavy atom. The van der Waals surface area contributed by atoms with Gasteiger partial charge in [-0.05, 0) is 79.0 Å². The molecule has 6 rings (SSSR count). The molecule has 7 nitrogen and oxygen atoms in total. The van der Waals surface area contributed by atoms with Gasteiger partial charge >= 0.3 is 0 Å². The Morgan fingerprint density at radius 1 is 1.09 bits per heavy atom. The van der Waals surface area contributed by atoms with Crippen LogP contribution in [0.2, 0.25) is 0 Å². The molecule has 3 aromatic heterocycles. The van der Waals surface area contributed by atoms with Crippen LogP contribution in [0.25, 0.3) is 33.2 Å². The van der Waals surface area contributed by atoms with Crippen LogP contribution in [0.15, 0.2) is 48.9 Å².